The van der Waals surface area contributed by atoms with E-state index in [0.717, 1.165) is 12.2 Å². The Morgan fingerprint density at radius 3 is 2.41 bits per heavy atom. The molecule has 4 aliphatic heterocycles. The fourth-order valence-electron chi connectivity index (χ4n) is 5.72. The molecule has 2 bridgehead atoms. The molecule has 6 rings (SSSR count). The average molecular weight is 364 g/mol. The summed E-state index contributed by atoms with van der Waals surface area (Å²) in [5.74, 6) is 1.18. The molecular weight excluding hydrogens is 336 g/mol. The summed E-state index contributed by atoms with van der Waals surface area (Å²) in [6, 6.07) is 11.7. The van der Waals surface area contributed by atoms with Gasteiger partial charge >= 0.3 is 0 Å². The van der Waals surface area contributed by atoms with Gasteiger partial charge in [0, 0.05) is 25.6 Å². The highest BCUT2D eigenvalue weighted by Crippen LogP contribution is 2.46. The number of carbonyl (C=O) groups excluding carboxylic acids is 1. The maximum Gasteiger partial charge on any atom is 0.272 e. The van der Waals surface area contributed by atoms with Crippen molar-refractivity contribution in [3.8, 4) is 0 Å². The Balaban J connectivity index is 1.53. The second-order valence-corrected chi connectivity index (χ2v) is 8.62. The fraction of sp³-hybridized carbons (Fsp3) is 0.545. The number of likely N-dealkylation sites (tertiary alicyclic amines) is 1. The van der Waals surface area contributed by atoms with Gasteiger partial charge in [0.1, 0.15) is 5.69 Å². The van der Waals surface area contributed by atoms with Crippen molar-refractivity contribution in [2.24, 2.45) is 13.0 Å². The second kappa shape index (κ2) is 6.20. The van der Waals surface area contributed by atoms with E-state index in [9.17, 15) is 4.79 Å². The third-order valence-electron chi connectivity index (χ3n) is 6.98. The first-order chi connectivity index (χ1) is 13.0. The molecule has 4 fully saturated rings. The summed E-state index contributed by atoms with van der Waals surface area (Å²) < 4.78 is 1.74. The molecule has 0 N–H and O–H groups in total. The summed E-state index contributed by atoms with van der Waals surface area (Å²) in [7, 11) is 1.88. The number of piperidine rings is 3. The lowest BCUT2D eigenvalue weighted by Crippen LogP contribution is -2.60. The number of aryl methyl sites for hydroxylation is 3. The highest BCUT2D eigenvalue weighted by Gasteiger charge is 2.54. The maximum absolute atomic E-state index is 13.5. The molecule has 5 nitrogen and oxygen atoms in total. The van der Waals surface area contributed by atoms with Crippen molar-refractivity contribution < 1.29 is 4.79 Å². The molecule has 142 valence electrons. The van der Waals surface area contributed by atoms with Crippen molar-refractivity contribution in [1.29, 1.82) is 0 Å². The van der Waals surface area contributed by atoms with Crippen LogP contribution in [0.15, 0.2) is 30.3 Å². The van der Waals surface area contributed by atoms with Crippen molar-refractivity contribution in [3.63, 3.8) is 0 Å². The average Bonchev–Trinajstić information content (AvgIpc) is 3.24. The second-order valence-electron chi connectivity index (χ2n) is 8.62. The molecule has 0 unspecified atom stereocenters. The van der Waals surface area contributed by atoms with E-state index < -0.39 is 0 Å². The molecule has 0 saturated carbocycles. The van der Waals surface area contributed by atoms with E-state index >= 15 is 0 Å². The number of amides is 1. The van der Waals surface area contributed by atoms with E-state index in [-0.39, 0.29) is 5.91 Å². The normalized spacial score (nSPS) is 32.0. The monoisotopic (exact) mass is 364 g/mol. The molecule has 0 radical (unpaired) electrons. The number of hydrogen-bond donors (Lipinski definition) is 0. The molecule has 5 heterocycles. The van der Waals surface area contributed by atoms with Crippen LogP contribution in [0.25, 0.3) is 0 Å². The Bertz CT molecular complexity index is 863. The highest BCUT2D eigenvalue weighted by atomic mass is 16.2. The van der Waals surface area contributed by atoms with Gasteiger partial charge in [-0.25, -0.2) is 0 Å². The summed E-state index contributed by atoms with van der Waals surface area (Å²) in [4.78, 5) is 18.3. The van der Waals surface area contributed by atoms with Gasteiger partial charge < -0.3 is 4.90 Å². The lowest BCUT2D eigenvalue weighted by atomic mass is 9.75. The third kappa shape index (κ3) is 2.63. The maximum atomic E-state index is 13.5. The van der Waals surface area contributed by atoms with Crippen molar-refractivity contribution in [2.45, 2.75) is 44.7 Å². The van der Waals surface area contributed by atoms with Crippen LogP contribution in [0.3, 0.4) is 0 Å². The van der Waals surface area contributed by atoms with Crippen LogP contribution < -0.4 is 0 Å². The van der Waals surface area contributed by atoms with E-state index in [2.05, 4.69) is 46.1 Å². The van der Waals surface area contributed by atoms with E-state index in [4.69, 9.17) is 0 Å². The largest absolute Gasteiger partial charge is 0.332 e. The van der Waals surface area contributed by atoms with Crippen LogP contribution in [0.5, 0.6) is 0 Å². The van der Waals surface area contributed by atoms with Gasteiger partial charge in [0.05, 0.1) is 11.7 Å². The fourth-order valence-corrected chi connectivity index (χ4v) is 5.72. The molecule has 0 spiro atoms. The zero-order valence-electron chi connectivity index (χ0n) is 16.4. The predicted molar refractivity (Wildman–Crippen MR) is 105 cm³/mol. The number of nitrogens with zero attached hydrogens (tertiary/aromatic N) is 4. The molecule has 4 aliphatic rings. The van der Waals surface area contributed by atoms with Crippen LogP contribution >= 0.6 is 0 Å². The first kappa shape index (κ1) is 17.0. The van der Waals surface area contributed by atoms with Gasteiger partial charge in [0.15, 0.2) is 0 Å². The number of aromatic nitrogens is 2. The molecule has 3 atom stereocenters. The third-order valence-corrected chi connectivity index (χ3v) is 6.98. The Labute approximate surface area is 161 Å². The minimum absolute atomic E-state index is 0.150. The van der Waals surface area contributed by atoms with Crippen molar-refractivity contribution in [3.05, 3.63) is 52.8 Å². The standard InChI is InChI=1S/C22H28N4O/c1-14-4-6-16(7-5-14)18-13-26(22(27)19-12-15(2)23-24(19)3)20-17-8-10-25(11-9-17)21(18)20/h4-7,12,17-18,20-21H,8-11,13H2,1-3H3/t18-,20+,21+/m1/s1. The molecule has 27 heavy (non-hydrogen) atoms. The molecule has 5 heteroatoms. The van der Waals surface area contributed by atoms with Crippen LogP contribution in [0.4, 0.5) is 0 Å². The SMILES string of the molecule is Cc1ccc([C@H]2CN(C(=O)c3cc(C)nn3C)[C@H]3C4CCN(CC4)[C@@H]23)cc1. The topological polar surface area (TPSA) is 41.4 Å². The van der Waals surface area contributed by atoms with Gasteiger partial charge in [-0.1, -0.05) is 29.8 Å². The zero-order valence-corrected chi connectivity index (χ0v) is 16.4. The van der Waals surface area contributed by atoms with Crippen molar-refractivity contribution in [1.82, 2.24) is 19.6 Å². The smallest absolute Gasteiger partial charge is 0.272 e. The van der Waals surface area contributed by atoms with Crippen molar-refractivity contribution in [2.75, 3.05) is 19.6 Å². The van der Waals surface area contributed by atoms with E-state index in [0.29, 0.717) is 29.6 Å². The zero-order chi connectivity index (χ0) is 18.7. The molecule has 4 saturated heterocycles. The van der Waals surface area contributed by atoms with E-state index in [1.807, 2.05) is 20.0 Å². The molecule has 0 aliphatic carbocycles. The lowest BCUT2D eigenvalue weighted by molar-refractivity contribution is -0.00372. The van der Waals surface area contributed by atoms with Gasteiger partial charge in [0.25, 0.3) is 5.91 Å². The Morgan fingerprint density at radius 1 is 1.07 bits per heavy atom. The number of fused-ring (bicyclic) bond motifs is 2. The van der Waals surface area contributed by atoms with E-state index in [1.165, 1.54) is 37.1 Å². The van der Waals surface area contributed by atoms with Gasteiger partial charge in [-0.3, -0.25) is 14.4 Å². The number of hydrogen-bond acceptors (Lipinski definition) is 3. The molecule has 2 aromatic rings. The molecule has 1 aromatic carbocycles. The summed E-state index contributed by atoms with van der Waals surface area (Å²) in [6.07, 6.45) is 2.44. The quantitative estimate of drug-likeness (QED) is 0.823. The first-order valence-electron chi connectivity index (χ1n) is 10.1. The summed E-state index contributed by atoms with van der Waals surface area (Å²) in [5, 5.41) is 4.40. The van der Waals surface area contributed by atoms with Crippen LogP contribution in [0.1, 0.15) is 46.1 Å². The molecular formula is C22H28N4O. The van der Waals surface area contributed by atoms with Gasteiger partial charge in [0.2, 0.25) is 0 Å². The summed E-state index contributed by atoms with van der Waals surface area (Å²) >= 11 is 0. The predicted octanol–water partition coefficient (Wildman–Crippen LogP) is 2.74. The van der Waals surface area contributed by atoms with Gasteiger partial charge in [-0.2, -0.15) is 5.10 Å². The van der Waals surface area contributed by atoms with Crippen LogP contribution in [0, 0.1) is 19.8 Å². The van der Waals surface area contributed by atoms with Crippen molar-refractivity contribution >= 4 is 5.91 Å². The Morgan fingerprint density at radius 2 is 1.78 bits per heavy atom. The van der Waals surface area contributed by atoms with Gasteiger partial charge in [-0.15, -0.1) is 0 Å². The first-order valence-corrected chi connectivity index (χ1v) is 10.1. The number of carbonyl (C=O) groups is 1. The summed E-state index contributed by atoms with van der Waals surface area (Å²) in [5.41, 5.74) is 4.28. The Hall–Kier alpha value is -2.14. The van der Waals surface area contributed by atoms with Crippen LogP contribution in [-0.2, 0) is 7.05 Å². The molecule has 1 aromatic heterocycles. The van der Waals surface area contributed by atoms with E-state index in [1.54, 1.807) is 4.68 Å². The van der Waals surface area contributed by atoms with Gasteiger partial charge in [-0.05, 0) is 57.3 Å². The highest BCUT2D eigenvalue weighted by molar-refractivity contribution is 5.93. The minimum atomic E-state index is 0.150. The minimum Gasteiger partial charge on any atom is -0.332 e. The lowest BCUT2D eigenvalue weighted by Gasteiger charge is -2.51. The van der Waals surface area contributed by atoms with Crippen LogP contribution in [0.2, 0.25) is 0 Å². The summed E-state index contributed by atoms with van der Waals surface area (Å²) in [6.45, 7) is 7.26. The van der Waals surface area contributed by atoms with Crippen LogP contribution in [-0.4, -0.2) is 57.2 Å². The molecule has 1 amide bonds. The number of benzene rings is 1. The Kier molecular flexibility index (Phi) is 3.90. The number of rotatable bonds is 2.